The molecule has 1 atom stereocenters. The van der Waals surface area contributed by atoms with Gasteiger partial charge in [-0.3, -0.25) is 14.6 Å². The maximum Gasteiger partial charge on any atom is 0.119 e. The predicted octanol–water partition coefficient (Wildman–Crippen LogP) is 4.06. The van der Waals surface area contributed by atoms with E-state index in [2.05, 4.69) is 53.3 Å². The van der Waals surface area contributed by atoms with Gasteiger partial charge in [-0.05, 0) is 74.2 Å². The topological polar surface area (TPSA) is 43.2 Å². The SMILES string of the molecule is COc1cccc(Cc2cc(C)nc([C@H]3CCCN3Cc3ccnn3C)c2)c1. The van der Waals surface area contributed by atoms with Gasteiger partial charge < -0.3 is 4.74 Å². The van der Waals surface area contributed by atoms with E-state index < -0.39 is 0 Å². The van der Waals surface area contributed by atoms with E-state index in [0.717, 1.165) is 37.4 Å². The van der Waals surface area contributed by atoms with Gasteiger partial charge in [0.15, 0.2) is 0 Å². The molecule has 1 aromatic carbocycles. The first-order valence-corrected chi connectivity index (χ1v) is 9.93. The first-order chi connectivity index (χ1) is 13.6. The summed E-state index contributed by atoms with van der Waals surface area (Å²) in [6.07, 6.45) is 5.13. The molecular weight excluding hydrogens is 348 g/mol. The van der Waals surface area contributed by atoms with Crippen molar-refractivity contribution < 1.29 is 4.74 Å². The number of rotatable bonds is 6. The Kier molecular flexibility index (Phi) is 5.44. The van der Waals surface area contributed by atoms with Crippen LogP contribution in [0.25, 0.3) is 0 Å². The lowest BCUT2D eigenvalue weighted by Gasteiger charge is -2.24. The van der Waals surface area contributed by atoms with Crippen molar-refractivity contribution in [3.05, 3.63) is 76.9 Å². The van der Waals surface area contributed by atoms with Gasteiger partial charge in [-0.1, -0.05) is 12.1 Å². The fourth-order valence-corrected chi connectivity index (χ4v) is 4.17. The van der Waals surface area contributed by atoms with E-state index in [9.17, 15) is 0 Å². The molecule has 0 amide bonds. The van der Waals surface area contributed by atoms with Crippen LogP contribution in [0.4, 0.5) is 0 Å². The summed E-state index contributed by atoms with van der Waals surface area (Å²) in [5.74, 6) is 0.904. The summed E-state index contributed by atoms with van der Waals surface area (Å²) >= 11 is 0. The zero-order valence-electron chi connectivity index (χ0n) is 16.9. The molecule has 0 unspecified atom stereocenters. The number of hydrogen-bond donors (Lipinski definition) is 0. The summed E-state index contributed by atoms with van der Waals surface area (Å²) in [4.78, 5) is 7.44. The Morgan fingerprint density at radius 1 is 1.14 bits per heavy atom. The normalized spacial score (nSPS) is 17.2. The van der Waals surface area contributed by atoms with Gasteiger partial charge in [-0.2, -0.15) is 5.10 Å². The number of methoxy groups -OCH3 is 1. The van der Waals surface area contributed by atoms with Gasteiger partial charge in [0.25, 0.3) is 0 Å². The molecule has 1 aliphatic heterocycles. The highest BCUT2D eigenvalue weighted by atomic mass is 16.5. The summed E-state index contributed by atoms with van der Waals surface area (Å²) in [6, 6.07) is 15.3. The maximum atomic E-state index is 5.37. The van der Waals surface area contributed by atoms with Crippen LogP contribution in [0.15, 0.2) is 48.7 Å². The fraction of sp³-hybridized carbons (Fsp3) is 0.391. The van der Waals surface area contributed by atoms with Crippen LogP contribution in [-0.4, -0.2) is 33.3 Å². The zero-order chi connectivity index (χ0) is 19.5. The molecule has 4 rings (SSSR count). The van der Waals surface area contributed by atoms with Crippen molar-refractivity contribution in [1.82, 2.24) is 19.7 Å². The molecule has 0 aliphatic carbocycles. The monoisotopic (exact) mass is 376 g/mol. The number of benzene rings is 1. The van der Waals surface area contributed by atoms with E-state index >= 15 is 0 Å². The van der Waals surface area contributed by atoms with Crippen LogP contribution in [0.1, 0.15) is 47.1 Å². The summed E-state index contributed by atoms with van der Waals surface area (Å²) < 4.78 is 7.33. The van der Waals surface area contributed by atoms with Gasteiger partial charge in [-0.15, -0.1) is 0 Å². The molecule has 3 aromatic rings. The van der Waals surface area contributed by atoms with Crippen molar-refractivity contribution in [2.24, 2.45) is 7.05 Å². The van der Waals surface area contributed by atoms with Crippen molar-refractivity contribution >= 4 is 0 Å². The molecule has 1 saturated heterocycles. The molecule has 0 radical (unpaired) electrons. The van der Waals surface area contributed by atoms with Gasteiger partial charge in [0.1, 0.15) is 5.75 Å². The van der Waals surface area contributed by atoms with Crippen LogP contribution in [0.2, 0.25) is 0 Å². The van der Waals surface area contributed by atoms with Crippen LogP contribution in [0.3, 0.4) is 0 Å². The third-order valence-electron chi connectivity index (χ3n) is 5.57. The number of likely N-dealkylation sites (tertiary alicyclic amines) is 1. The first kappa shape index (κ1) is 18.7. The molecule has 0 saturated carbocycles. The van der Waals surface area contributed by atoms with E-state index in [4.69, 9.17) is 9.72 Å². The standard InChI is InChI=1S/C23H28N4O/c1-17-12-19(13-18-6-4-7-21(14-18)28-3)15-22(25-17)23-8-5-11-27(23)16-20-9-10-24-26(20)2/h4,6-7,9-10,12,14-15,23H,5,8,11,13,16H2,1-3H3/t23-/m1/s1. The van der Waals surface area contributed by atoms with Crippen LogP contribution in [-0.2, 0) is 20.0 Å². The highest BCUT2D eigenvalue weighted by molar-refractivity contribution is 5.34. The molecule has 0 spiro atoms. The Balaban J connectivity index is 1.56. The molecule has 1 aliphatic rings. The Morgan fingerprint density at radius 3 is 2.82 bits per heavy atom. The molecule has 28 heavy (non-hydrogen) atoms. The Hall–Kier alpha value is -2.66. The third-order valence-corrected chi connectivity index (χ3v) is 5.57. The number of aromatic nitrogens is 3. The average molecular weight is 377 g/mol. The van der Waals surface area contributed by atoms with Crippen molar-refractivity contribution in [2.75, 3.05) is 13.7 Å². The van der Waals surface area contributed by atoms with Crippen molar-refractivity contribution in [3.63, 3.8) is 0 Å². The van der Waals surface area contributed by atoms with Gasteiger partial charge >= 0.3 is 0 Å². The molecule has 146 valence electrons. The molecule has 0 bridgehead atoms. The minimum atomic E-state index is 0.374. The van der Waals surface area contributed by atoms with E-state index in [0.29, 0.717) is 6.04 Å². The Morgan fingerprint density at radius 2 is 2.04 bits per heavy atom. The number of nitrogens with zero attached hydrogens (tertiary/aromatic N) is 4. The summed E-state index contributed by atoms with van der Waals surface area (Å²) in [5.41, 5.74) is 6.09. The second-order valence-corrected chi connectivity index (χ2v) is 7.64. The average Bonchev–Trinajstić information content (AvgIpc) is 3.31. The molecule has 5 nitrogen and oxygen atoms in total. The first-order valence-electron chi connectivity index (χ1n) is 9.93. The van der Waals surface area contributed by atoms with Crippen LogP contribution in [0.5, 0.6) is 5.75 Å². The van der Waals surface area contributed by atoms with E-state index in [1.807, 2.05) is 24.0 Å². The second-order valence-electron chi connectivity index (χ2n) is 7.64. The second kappa shape index (κ2) is 8.15. The Labute approximate surface area is 167 Å². The van der Waals surface area contributed by atoms with E-state index in [1.54, 1.807) is 7.11 Å². The lowest BCUT2D eigenvalue weighted by molar-refractivity contribution is 0.238. The van der Waals surface area contributed by atoms with Crippen LogP contribution < -0.4 is 4.74 Å². The number of hydrogen-bond acceptors (Lipinski definition) is 4. The fourth-order valence-electron chi connectivity index (χ4n) is 4.17. The minimum absolute atomic E-state index is 0.374. The molecule has 2 aromatic heterocycles. The van der Waals surface area contributed by atoms with Crippen LogP contribution in [0, 0.1) is 6.92 Å². The summed E-state index contributed by atoms with van der Waals surface area (Å²) in [5, 5.41) is 4.31. The van der Waals surface area contributed by atoms with E-state index in [1.165, 1.54) is 28.9 Å². The largest absolute Gasteiger partial charge is 0.497 e. The molecular formula is C23H28N4O. The number of pyridine rings is 1. The van der Waals surface area contributed by atoms with Crippen molar-refractivity contribution in [1.29, 1.82) is 0 Å². The van der Waals surface area contributed by atoms with Gasteiger partial charge in [0, 0.05) is 25.5 Å². The van der Waals surface area contributed by atoms with Gasteiger partial charge in [0.2, 0.25) is 0 Å². The van der Waals surface area contributed by atoms with Crippen molar-refractivity contribution in [3.8, 4) is 5.75 Å². The van der Waals surface area contributed by atoms with Gasteiger partial charge in [0.05, 0.1) is 24.5 Å². The lowest BCUT2D eigenvalue weighted by Crippen LogP contribution is -2.25. The van der Waals surface area contributed by atoms with Crippen molar-refractivity contribution in [2.45, 2.75) is 38.8 Å². The molecule has 5 heteroatoms. The quantitative estimate of drug-likeness (QED) is 0.651. The van der Waals surface area contributed by atoms with E-state index in [-0.39, 0.29) is 0 Å². The molecule has 1 fully saturated rings. The highest BCUT2D eigenvalue weighted by Crippen LogP contribution is 2.33. The third kappa shape index (κ3) is 4.09. The molecule has 0 N–H and O–H groups in total. The lowest BCUT2D eigenvalue weighted by atomic mass is 10.0. The summed E-state index contributed by atoms with van der Waals surface area (Å²) in [6.45, 7) is 4.12. The van der Waals surface area contributed by atoms with Crippen LogP contribution >= 0.6 is 0 Å². The smallest absolute Gasteiger partial charge is 0.119 e. The zero-order valence-corrected chi connectivity index (χ0v) is 16.9. The number of aryl methyl sites for hydroxylation is 2. The minimum Gasteiger partial charge on any atom is -0.497 e. The summed E-state index contributed by atoms with van der Waals surface area (Å²) in [7, 11) is 3.72. The number of ether oxygens (including phenoxy) is 1. The highest BCUT2D eigenvalue weighted by Gasteiger charge is 2.28. The predicted molar refractivity (Wildman–Crippen MR) is 110 cm³/mol. The van der Waals surface area contributed by atoms with Gasteiger partial charge in [-0.25, -0.2) is 0 Å². The molecule has 3 heterocycles. The Bertz CT molecular complexity index is 949. The maximum absolute atomic E-state index is 5.37.